The number of unbranched alkanes of at least 4 members (excludes halogenated alkanes) is 2. The Labute approximate surface area is 144 Å². The highest BCUT2D eigenvalue weighted by Gasteiger charge is 2.27. The first kappa shape index (κ1) is 18.4. The van der Waals surface area contributed by atoms with Crippen molar-refractivity contribution in [3.63, 3.8) is 0 Å². The topological polar surface area (TPSA) is 54.4 Å². The normalized spacial score (nSPS) is 13.7. The van der Waals surface area contributed by atoms with E-state index in [1.165, 1.54) is 0 Å². The molecule has 4 heteroatoms. The Morgan fingerprint density at radius 3 is 2.29 bits per heavy atom. The van der Waals surface area contributed by atoms with E-state index in [1.54, 1.807) is 54.6 Å². The van der Waals surface area contributed by atoms with Crippen molar-refractivity contribution in [2.24, 2.45) is 0 Å². The van der Waals surface area contributed by atoms with Crippen LogP contribution in [0.2, 0.25) is 0 Å². The van der Waals surface area contributed by atoms with Gasteiger partial charge in [0.05, 0.1) is 9.80 Å². The van der Waals surface area contributed by atoms with E-state index in [1.807, 2.05) is 13.0 Å². The molecule has 0 aliphatic carbocycles. The van der Waals surface area contributed by atoms with Crippen LogP contribution in [-0.2, 0) is 9.84 Å². The Hall–Kier alpha value is -1.91. The SMILES string of the molecule is CCCC/C=C(/C(O)c1ccccc1)S(=O)(=O)c1ccc(C)cc1. The van der Waals surface area contributed by atoms with Crippen molar-refractivity contribution in [2.75, 3.05) is 0 Å². The molecule has 0 bridgehead atoms. The number of rotatable bonds is 7. The monoisotopic (exact) mass is 344 g/mol. The van der Waals surface area contributed by atoms with Gasteiger partial charge in [0.2, 0.25) is 9.84 Å². The molecule has 0 saturated heterocycles. The summed E-state index contributed by atoms with van der Waals surface area (Å²) in [6.45, 7) is 3.96. The largest absolute Gasteiger partial charge is 0.383 e. The third-order valence-electron chi connectivity index (χ3n) is 3.93. The van der Waals surface area contributed by atoms with Crippen LogP contribution in [-0.4, -0.2) is 13.5 Å². The Morgan fingerprint density at radius 1 is 1.08 bits per heavy atom. The van der Waals surface area contributed by atoms with Gasteiger partial charge in [-0.25, -0.2) is 8.42 Å². The average Bonchev–Trinajstić information content (AvgIpc) is 2.59. The van der Waals surface area contributed by atoms with Crippen LogP contribution in [0.3, 0.4) is 0 Å². The number of sulfone groups is 1. The Morgan fingerprint density at radius 2 is 1.71 bits per heavy atom. The van der Waals surface area contributed by atoms with Gasteiger partial charge in [-0.3, -0.25) is 0 Å². The molecule has 0 radical (unpaired) electrons. The summed E-state index contributed by atoms with van der Waals surface area (Å²) in [4.78, 5) is 0.275. The third kappa shape index (κ3) is 4.34. The van der Waals surface area contributed by atoms with E-state index in [2.05, 4.69) is 6.92 Å². The Balaban J connectivity index is 2.45. The summed E-state index contributed by atoms with van der Waals surface area (Å²) < 4.78 is 26.0. The third-order valence-corrected chi connectivity index (χ3v) is 5.83. The van der Waals surface area contributed by atoms with Gasteiger partial charge >= 0.3 is 0 Å². The molecule has 0 aromatic heterocycles. The molecule has 2 aromatic rings. The minimum atomic E-state index is -3.73. The molecule has 0 spiro atoms. The van der Waals surface area contributed by atoms with Gasteiger partial charge in [0.15, 0.2) is 0 Å². The van der Waals surface area contributed by atoms with Crippen molar-refractivity contribution in [3.05, 3.63) is 76.7 Å². The fourth-order valence-corrected chi connectivity index (χ4v) is 4.00. The molecule has 1 N–H and O–H groups in total. The summed E-state index contributed by atoms with van der Waals surface area (Å²) in [5.74, 6) is 0. The quantitative estimate of drug-likeness (QED) is 0.748. The molecule has 0 aliphatic rings. The molecule has 1 unspecified atom stereocenters. The van der Waals surface area contributed by atoms with Crippen LogP contribution >= 0.6 is 0 Å². The molecule has 0 amide bonds. The van der Waals surface area contributed by atoms with Crippen LogP contribution in [0.1, 0.15) is 43.4 Å². The molecule has 0 fully saturated rings. The van der Waals surface area contributed by atoms with Crippen molar-refractivity contribution < 1.29 is 13.5 Å². The van der Waals surface area contributed by atoms with Gasteiger partial charge < -0.3 is 5.11 Å². The van der Waals surface area contributed by atoms with Gasteiger partial charge in [-0.05, 0) is 31.0 Å². The zero-order valence-electron chi connectivity index (χ0n) is 14.1. The van der Waals surface area contributed by atoms with Crippen LogP contribution in [0.5, 0.6) is 0 Å². The lowest BCUT2D eigenvalue weighted by molar-refractivity contribution is 0.222. The maximum absolute atomic E-state index is 13.0. The van der Waals surface area contributed by atoms with Crippen molar-refractivity contribution in [3.8, 4) is 0 Å². The van der Waals surface area contributed by atoms with Crippen molar-refractivity contribution in [1.82, 2.24) is 0 Å². The van der Waals surface area contributed by atoms with E-state index in [0.717, 1.165) is 18.4 Å². The number of aliphatic hydroxyl groups excluding tert-OH is 1. The summed E-state index contributed by atoms with van der Waals surface area (Å²) in [5.41, 5.74) is 1.57. The van der Waals surface area contributed by atoms with Crippen LogP contribution in [0, 0.1) is 6.92 Å². The van der Waals surface area contributed by atoms with Gasteiger partial charge in [0.1, 0.15) is 6.10 Å². The van der Waals surface area contributed by atoms with E-state index in [9.17, 15) is 13.5 Å². The summed E-state index contributed by atoms with van der Waals surface area (Å²) in [5, 5.41) is 10.7. The van der Waals surface area contributed by atoms with E-state index in [-0.39, 0.29) is 9.80 Å². The molecule has 2 rings (SSSR count). The minimum absolute atomic E-state index is 0.0611. The number of aliphatic hydroxyl groups is 1. The lowest BCUT2D eigenvalue weighted by Gasteiger charge is -2.17. The van der Waals surface area contributed by atoms with Gasteiger partial charge in [-0.2, -0.15) is 0 Å². The van der Waals surface area contributed by atoms with Crippen molar-refractivity contribution in [1.29, 1.82) is 0 Å². The number of benzene rings is 2. The summed E-state index contributed by atoms with van der Waals surface area (Å²) in [7, 11) is -3.73. The molecule has 3 nitrogen and oxygen atoms in total. The second-order valence-corrected chi connectivity index (χ2v) is 7.83. The molecule has 0 aliphatic heterocycles. The lowest BCUT2D eigenvalue weighted by Crippen LogP contribution is -2.13. The summed E-state index contributed by atoms with van der Waals surface area (Å²) in [6, 6.07) is 15.6. The Kier molecular flexibility index (Phi) is 6.35. The van der Waals surface area contributed by atoms with Crippen LogP contribution < -0.4 is 0 Å². The number of aryl methyl sites for hydroxylation is 1. The molecule has 0 heterocycles. The molecule has 2 aromatic carbocycles. The van der Waals surface area contributed by atoms with Crippen molar-refractivity contribution >= 4 is 9.84 Å². The minimum Gasteiger partial charge on any atom is -0.383 e. The lowest BCUT2D eigenvalue weighted by atomic mass is 10.1. The smallest absolute Gasteiger partial charge is 0.205 e. The second kappa shape index (κ2) is 8.27. The van der Waals surface area contributed by atoms with Gasteiger partial charge in [-0.15, -0.1) is 0 Å². The van der Waals surface area contributed by atoms with E-state index in [4.69, 9.17) is 0 Å². The van der Waals surface area contributed by atoms with Crippen LogP contribution in [0.25, 0.3) is 0 Å². The number of allylic oxidation sites excluding steroid dienone is 1. The average molecular weight is 344 g/mol. The zero-order valence-corrected chi connectivity index (χ0v) is 15.0. The van der Waals surface area contributed by atoms with Crippen molar-refractivity contribution in [2.45, 2.75) is 44.1 Å². The molecule has 0 saturated carbocycles. The van der Waals surface area contributed by atoms with E-state index in [0.29, 0.717) is 12.0 Å². The fraction of sp³-hybridized carbons (Fsp3) is 0.300. The summed E-state index contributed by atoms with van der Waals surface area (Å²) >= 11 is 0. The first-order valence-electron chi connectivity index (χ1n) is 8.21. The maximum atomic E-state index is 13.0. The second-order valence-electron chi connectivity index (χ2n) is 5.88. The van der Waals surface area contributed by atoms with Gasteiger partial charge in [-0.1, -0.05) is 73.9 Å². The number of hydrogen-bond donors (Lipinski definition) is 1. The fourth-order valence-electron chi connectivity index (χ4n) is 2.47. The summed E-state index contributed by atoms with van der Waals surface area (Å²) in [6.07, 6.45) is 2.98. The van der Waals surface area contributed by atoms with Gasteiger partial charge in [0.25, 0.3) is 0 Å². The molecule has 24 heavy (non-hydrogen) atoms. The van der Waals surface area contributed by atoms with Gasteiger partial charge in [0, 0.05) is 0 Å². The van der Waals surface area contributed by atoms with Crippen LogP contribution in [0.15, 0.2) is 70.5 Å². The first-order chi connectivity index (χ1) is 11.5. The molecule has 128 valence electrons. The molecule has 1 atom stereocenters. The molecular formula is C20H24O3S. The highest BCUT2D eigenvalue weighted by atomic mass is 32.2. The van der Waals surface area contributed by atoms with Crippen LogP contribution in [0.4, 0.5) is 0 Å². The molecular weight excluding hydrogens is 320 g/mol. The highest BCUT2D eigenvalue weighted by molar-refractivity contribution is 7.95. The highest BCUT2D eigenvalue weighted by Crippen LogP contribution is 2.31. The zero-order chi connectivity index (χ0) is 17.6. The predicted molar refractivity (Wildman–Crippen MR) is 97.4 cm³/mol. The predicted octanol–water partition coefficient (Wildman–Crippen LogP) is 4.58. The maximum Gasteiger partial charge on any atom is 0.205 e. The van der Waals surface area contributed by atoms with E-state index >= 15 is 0 Å². The standard InChI is InChI=1S/C20H24O3S/c1-3-4-6-11-19(20(21)17-9-7-5-8-10-17)24(22,23)18-14-12-16(2)13-15-18/h5,7-15,20-21H,3-4,6H2,1-2H3/b19-11-. The number of hydrogen-bond acceptors (Lipinski definition) is 3. The van der Waals surface area contributed by atoms with E-state index < -0.39 is 15.9 Å². The Bertz CT molecular complexity index is 775. The first-order valence-corrected chi connectivity index (χ1v) is 9.70.